The molecule has 0 saturated heterocycles. The smallest absolute Gasteiger partial charge is 0.233 e. The van der Waals surface area contributed by atoms with Crippen LogP contribution in [0.1, 0.15) is 0 Å². The van der Waals surface area contributed by atoms with Crippen LogP contribution in [0.5, 0.6) is 11.6 Å². The first-order valence-corrected chi connectivity index (χ1v) is 5.96. The average molecular weight is 319 g/mol. The van der Waals surface area contributed by atoms with Crippen LogP contribution in [-0.2, 0) is 0 Å². The Bertz CT molecular complexity index is 519. The molecular formula is C11H6BrCl2NO. The SMILES string of the molecule is Clc1cccc(Oc2ncccc2Br)c1Cl. The number of hydrogen-bond donors (Lipinski definition) is 0. The standard InChI is InChI=1S/C11H6BrCl2NO/c12-7-3-2-6-15-11(7)16-9-5-1-4-8(13)10(9)14/h1-6H. The summed E-state index contributed by atoms with van der Waals surface area (Å²) in [5.41, 5.74) is 0. The summed E-state index contributed by atoms with van der Waals surface area (Å²) in [4.78, 5) is 4.07. The van der Waals surface area contributed by atoms with E-state index in [4.69, 9.17) is 27.9 Å². The van der Waals surface area contributed by atoms with E-state index in [0.29, 0.717) is 21.7 Å². The Morgan fingerprint density at radius 1 is 1.12 bits per heavy atom. The van der Waals surface area contributed by atoms with Crippen LogP contribution in [0, 0.1) is 0 Å². The molecule has 2 aromatic rings. The molecule has 0 spiro atoms. The first kappa shape index (κ1) is 11.7. The maximum atomic E-state index is 6.00. The first-order chi connectivity index (χ1) is 7.68. The number of halogens is 3. The summed E-state index contributed by atoms with van der Waals surface area (Å²) in [6.07, 6.45) is 1.64. The zero-order valence-corrected chi connectivity index (χ0v) is 11.1. The van der Waals surface area contributed by atoms with Gasteiger partial charge in [0, 0.05) is 6.20 Å². The van der Waals surface area contributed by atoms with Gasteiger partial charge in [-0.25, -0.2) is 4.98 Å². The van der Waals surface area contributed by atoms with Crippen molar-refractivity contribution in [2.45, 2.75) is 0 Å². The lowest BCUT2D eigenvalue weighted by atomic mass is 10.3. The summed E-state index contributed by atoms with van der Waals surface area (Å²) >= 11 is 15.2. The quantitative estimate of drug-likeness (QED) is 0.782. The number of benzene rings is 1. The van der Waals surface area contributed by atoms with E-state index in [2.05, 4.69) is 20.9 Å². The summed E-state index contributed by atoms with van der Waals surface area (Å²) in [7, 11) is 0. The van der Waals surface area contributed by atoms with Crippen molar-refractivity contribution in [2.75, 3.05) is 0 Å². The minimum absolute atomic E-state index is 0.377. The van der Waals surface area contributed by atoms with Gasteiger partial charge in [-0.05, 0) is 40.2 Å². The molecule has 0 amide bonds. The Balaban J connectivity index is 2.35. The maximum Gasteiger partial charge on any atom is 0.233 e. The maximum absolute atomic E-state index is 6.00. The van der Waals surface area contributed by atoms with Crippen molar-refractivity contribution in [3.8, 4) is 11.6 Å². The first-order valence-electron chi connectivity index (χ1n) is 4.41. The lowest BCUT2D eigenvalue weighted by molar-refractivity contribution is 0.460. The fraction of sp³-hybridized carbons (Fsp3) is 0. The van der Waals surface area contributed by atoms with Crippen LogP contribution in [0.4, 0.5) is 0 Å². The molecule has 0 aliphatic carbocycles. The van der Waals surface area contributed by atoms with Gasteiger partial charge in [0.25, 0.3) is 0 Å². The molecule has 1 heterocycles. The van der Waals surface area contributed by atoms with Crippen molar-refractivity contribution in [3.05, 3.63) is 51.0 Å². The second-order valence-corrected chi connectivity index (χ2v) is 4.58. The third-order valence-electron chi connectivity index (χ3n) is 1.85. The molecule has 5 heteroatoms. The van der Waals surface area contributed by atoms with E-state index in [1.807, 2.05) is 6.07 Å². The third kappa shape index (κ3) is 2.48. The fourth-order valence-electron chi connectivity index (χ4n) is 1.11. The van der Waals surface area contributed by atoms with Crippen LogP contribution in [0.15, 0.2) is 41.0 Å². The Morgan fingerprint density at radius 2 is 1.94 bits per heavy atom. The topological polar surface area (TPSA) is 22.1 Å². The van der Waals surface area contributed by atoms with Crippen LogP contribution >= 0.6 is 39.1 Å². The van der Waals surface area contributed by atoms with E-state index in [9.17, 15) is 0 Å². The lowest BCUT2D eigenvalue weighted by Crippen LogP contribution is -1.89. The number of pyridine rings is 1. The minimum Gasteiger partial charge on any atom is -0.436 e. The van der Waals surface area contributed by atoms with Gasteiger partial charge in [-0.1, -0.05) is 29.3 Å². The number of hydrogen-bond acceptors (Lipinski definition) is 2. The van der Waals surface area contributed by atoms with Crippen LogP contribution in [0.3, 0.4) is 0 Å². The summed E-state index contributed by atoms with van der Waals surface area (Å²) in [5, 5.41) is 0.827. The van der Waals surface area contributed by atoms with Crippen LogP contribution < -0.4 is 4.74 Å². The molecule has 82 valence electrons. The second-order valence-electron chi connectivity index (χ2n) is 2.94. The van der Waals surface area contributed by atoms with E-state index < -0.39 is 0 Å². The van der Waals surface area contributed by atoms with Gasteiger partial charge in [0.05, 0.1) is 9.50 Å². The van der Waals surface area contributed by atoms with Crippen molar-refractivity contribution in [1.29, 1.82) is 0 Å². The van der Waals surface area contributed by atoms with Gasteiger partial charge in [0.15, 0.2) is 0 Å². The molecule has 0 atom stereocenters. The Morgan fingerprint density at radius 3 is 2.69 bits per heavy atom. The Hall–Kier alpha value is -0.770. The normalized spacial score (nSPS) is 10.2. The number of ether oxygens (including phenoxy) is 1. The molecule has 0 unspecified atom stereocenters. The van der Waals surface area contributed by atoms with Gasteiger partial charge in [-0.2, -0.15) is 0 Å². The van der Waals surface area contributed by atoms with Gasteiger partial charge < -0.3 is 4.74 Å². The van der Waals surface area contributed by atoms with E-state index in [1.165, 1.54) is 0 Å². The zero-order chi connectivity index (χ0) is 11.5. The van der Waals surface area contributed by atoms with E-state index >= 15 is 0 Å². The molecule has 0 aliphatic rings. The molecule has 0 N–H and O–H groups in total. The molecule has 0 radical (unpaired) electrons. The predicted molar refractivity (Wildman–Crippen MR) is 68.5 cm³/mol. The summed E-state index contributed by atoms with van der Waals surface area (Å²) in [6.45, 7) is 0. The highest BCUT2D eigenvalue weighted by Crippen LogP contribution is 2.35. The van der Waals surface area contributed by atoms with Crippen molar-refractivity contribution in [3.63, 3.8) is 0 Å². The zero-order valence-electron chi connectivity index (χ0n) is 7.95. The monoisotopic (exact) mass is 317 g/mol. The van der Waals surface area contributed by atoms with Crippen molar-refractivity contribution in [1.82, 2.24) is 4.98 Å². The van der Waals surface area contributed by atoms with Gasteiger partial charge in [-0.15, -0.1) is 0 Å². The highest BCUT2D eigenvalue weighted by molar-refractivity contribution is 9.10. The van der Waals surface area contributed by atoms with Gasteiger partial charge >= 0.3 is 0 Å². The molecule has 0 aliphatic heterocycles. The van der Waals surface area contributed by atoms with Crippen LogP contribution in [0.2, 0.25) is 10.0 Å². The molecule has 2 nitrogen and oxygen atoms in total. The highest BCUT2D eigenvalue weighted by Gasteiger charge is 2.08. The Kier molecular flexibility index (Phi) is 3.69. The number of nitrogens with zero attached hydrogens (tertiary/aromatic N) is 1. The minimum atomic E-state index is 0.377. The highest BCUT2D eigenvalue weighted by atomic mass is 79.9. The fourth-order valence-corrected chi connectivity index (χ4v) is 1.78. The third-order valence-corrected chi connectivity index (χ3v) is 3.25. The molecule has 1 aromatic carbocycles. The molecule has 0 fully saturated rings. The number of rotatable bonds is 2. The lowest BCUT2D eigenvalue weighted by Gasteiger charge is -2.08. The van der Waals surface area contributed by atoms with E-state index in [1.54, 1.807) is 30.5 Å². The van der Waals surface area contributed by atoms with E-state index in [0.717, 1.165) is 4.47 Å². The molecule has 0 bridgehead atoms. The average Bonchev–Trinajstić information content (AvgIpc) is 2.28. The van der Waals surface area contributed by atoms with Gasteiger partial charge in [0.1, 0.15) is 10.8 Å². The van der Waals surface area contributed by atoms with E-state index in [-0.39, 0.29) is 0 Å². The number of aromatic nitrogens is 1. The van der Waals surface area contributed by atoms with Crippen molar-refractivity contribution >= 4 is 39.1 Å². The summed E-state index contributed by atoms with van der Waals surface area (Å²) < 4.78 is 6.30. The second kappa shape index (κ2) is 5.04. The van der Waals surface area contributed by atoms with Gasteiger partial charge in [-0.3, -0.25) is 0 Å². The summed E-state index contributed by atoms with van der Waals surface area (Å²) in [6, 6.07) is 8.83. The van der Waals surface area contributed by atoms with Crippen molar-refractivity contribution < 1.29 is 4.74 Å². The molecular weight excluding hydrogens is 313 g/mol. The van der Waals surface area contributed by atoms with Crippen molar-refractivity contribution in [2.24, 2.45) is 0 Å². The van der Waals surface area contributed by atoms with Crippen LogP contribution in [0.25, 0.3) is 0 Å². The summed E-state index contributed by atoms with van der Waals surface area (Å²) in [5.74, 6) is 0.931. The van der Waals surface area contributed by atoms with Crippen LogP contribution in [-0.4, -0.2) is 4.98 Å². The molecule has 2 rings (SSSR count). The predicted octanol–water partition coefficient (Wildman–Crippen LogP) is 4.94. The van der Waals surface area contributed by atoms with Gasteiger partial charge in [0.2, 0.25) is 5.88 Å². The molecule has 0 saturated carbocycles. The Labute approximate surface area is 111 Å². The largest absolute Gasteiger partial charge is 0.436 e. The molecule has 1 aromatic heterocycles. The molecule has 16 heavy (non-hydrogen) atoms.